The monoisotopic (exact) mass is 535 g/mol. The molecule has 1 fully saturated rings. The fraction of sp³-hybridized carbons (Fsp3) is 0.391. The maximum absolute atomic E-state index is 12.5. The highest BCUT2D eigenvalue weighted by atomic mass is 127. The summed E-state index contributed by atoms with van der Waals surface area (Å²) in [6.07, 6.45) is 5.93. The quantitative estimate of drug-likeness (QED) is 0.276. The Morgan fingerprint density at radius 1 is 1.03 bits per heavy atom. The lowest BCUT2D eigenvalue weighted by Crippen LogP contribution is -2.53. The van der Waals surface area contributed by atoms with Crippen molar-refractivity contribution in [2.75, 3.05) is 50.7 Å². The standard InChI is InChI=1S/C23H29N5O2.HI/c1-2-24-23(25-18-19-7-9-20(10-8-19)26-11-3-4-12-26)28-15-13-27(14-16-28)22(29)21-6-5-17-30-21;/h3-10,17H,2,11-16,18H2,1H3,(H,24,25);1H. The van der Waals surface area contributed by atoms with Gasteiger partial charge in [-0.3, -0.25) is 4.79 Å². The van der Waals surface area contributed by atoms with Crippen LogP contribution in [0.5, 0.6) is 0 Å². The number of benzene rings is 1. The van der Waals surface area contributed by atoms with E-state index in [1.165, 1.54) is 17.5 Å². The average Bonchev–Trinajstić information content (AvgIpc) is 3.51. The Balaban J connectivity index is 0.00000272. The van der Waals surface area contributed by atoms with Gasteiger partial charge in [-0.2, -0.15) is 0 Å². The lowest BCUT2D eigenvalue weighted by atomic mass is 10.2. The first-order chi connectivity index (χ1) is 14.7. The van der Waals surface area contributed by atoms with Crippen molar-refractivity contribution in [3.8, 4) is 0 Å². The molecule has 0 atom stereocenters. The van der Waals surface area contributed by atoms with Crippen LogP contribution in [0.1, 0.15) is 23.0 Å². The Morgan fingerprint density at radius 3 is 2.32 bits per heavy atom. The molecule has 3 heterocycles. The maximum atomic E-state index is 12.5. The van der Waals surface area contributed by atoms with Gasteiger partial charge in [0, 0.05) is 51.5 Å². The molecule has 1 N–H and O–H groups in total. The summed E-state index contributed by atoms with van der Waals surface area (Å²) in [5.41, 5.74) is 2.44. The van der Waals surface area contributed by atoms with E-state index in [4.69, 9.17) is 9.41 Å². The first-order valence-electron chi connectivity index (χ1n) is 10.6. The highest BCUT2D eigenvalue weighted by Crippen LogP contribution is 2.18. The van der Waals surface area contributed by atoms with E-state index in [1.807, 2.05) is 4.90 Å². The summed E-state index contributed by atoms with van der Waals surface area (Å²) in [6, 6.07) is 12.1. The van der Waals surface area contributed by atoms with Crippen LogP contribution >= 0.6 is 24.0 Å². The summed E-state index contributed by atoms with van der Waals surface area (Å²) in [5.74, 6) is 1.25. The summed E-state index contributed by atoms with van der Waals surface area (Å²) in [7, 11) is 0. The van der Waals surface area contributed by atoms with E-state index in [1.54, 1.807) is 12.1 Å². The molecule has 4 rings (SSSR count). The van der Waals surface area contributed by atoms with Crippen LogP contribution in [0.3, 0.4) is 0 Å². The molecule has 1 aromatic carbocycles. The van der Waals surface area contributed by atoms with Gasteiger partial charge < -0.3 is 24.4 Å². The van der Waals surface area contributed by atoms with Crippen molar-refractivity contribution in [1.29, 1.82) is 0 Å². The molecule has 8 heteroatoms. The molecule has 7 nitrogen and oxygen atoms in total. The van der Waals surface area contributed by atoms with Crippen molar-refractivity contribution in [2.24, 2.45) is 4.99 Å². The third-order valence-corrected chi connectivity index (χ3v) is 5.46. The van der Waals surface area contributed by atoms with Crippen molar-refractivity contribution in [3.63, 3.8) is 0 Å². The molecule has 0 radical (unpaired) electrons. The molecule has 1 amide bonds. The Bertz CT molecular complexity index is 879. The van der Waals surface area contributed by atoms with Gasteiger partial charge in [0.1, 0.15) is 0 Å². The molecular weight excluding hydrogens is 505 g/mol. The summed E-state index contributed by atoms with van der Waals surface area (Å²) in [4.78, 5) is 23.7. The van der Waals surface area contributed by atoms with Crippen LogP contribution in [-0.2, 0) is 6.54 Å². The Hall–Kier alpha value is -2.49. The minimum absolute atomic E-state index is 0. The number of hydrogen-bond acceptors (Lipinski definition) is 4. The molecule has 1 aromatic heterocycles. The van der Waals surface area contributed by atoms with Crippen LogP contribution in [0, 0.1) is 0 Å². The average molecular weight is 535 g/mol. The second kappa shape index (κ2) is 11.2. The van der Waals surface area contributed by atoms with Crippen molar-refractivity contribution >= 4 is 41.5 Å². The van der Waals surface area contributed by atoms with E-state index in [2.05, 4.69) is 58.5 Å². The van der Waals surface area contributed by atoms with E-state index in [-0.39, 0.29) is 29.9 Å². The smallest absolute Gasteiger partial charge is 0.289 e. The number of rotatable bonds is 5. The molecule has 0 bridgehead atoms. The number of hydrogen-bond donors (Lipinski definition) is 1. The zero-order valence-corrected chi connectivity index (χ0v) is 20.2. The summed E-state index contributed by atoms with van der Waals surface area (Å²) in [5, 5.41) is 3.39. The first-order valence-corrected chi connectivity index (χ1v) is 10.6. The van der Waals surface area contributed by atoms with E-state index in [0.29, 0.717) is 25.4 Å². The number of amides is 1. The SMILES string of the molecule is CCNC(=NCc1ccc(N2CC=CC2)cc1)N1CCN(C(=O)c2ccco2)CC1.I. The minimum atomic E-state index is -0.0464. The lowest BCUT2D eigenvalue weighted by Gasteiger charge is -2.36. The Morgan fingerprint density at radius 2 is 1.71 bits per heavy atom. The molecule has 2 aliphatic rings. The van der Waals surface area contributed by atoms with Gasteiger partial charge in [-0.15, -0.1) is 24.0 Å². The molecule has 31 heavy (non-hydrogen) atoms. The van der Waals surface area contributed by atoms with Gasteiger partial charge in [-0.1, -0.05) is 24.3 Å². The maximum Gasteiger partial charge on any atom is 0.289 e. The van der Waals surface area contributed by atoms with Crippen LogP contribution in [0.2, 0.25) is 0 Å². The van der Waals surface area contributed by atoms with Crippen molar-refractivity contribution in [1.82, 2.24) is 15.1 Å². The zero-order valence-electron chi connectivity index (χ0n) is 17.9. The molecular formula is C23H30IN5O2. The normalized spacial score (nSPS) is 16.4. The number of carbonyl (C=O) groups is 1. The highest BCUT2D eigenvalue weighted by Gasteiger charge is 2.25. The fourth-order valence-corrected chi connectivity index (χ4v) is 3.77. The van der Waals surface area contributed by atoms with Crippen LogP contribution in [0.25, 0.3) is 0 Å². The number of aliphatic imine (C=N–C) groups is 1. The van der Waals surface area contributed by atoms with Gasteiger partial charge in [0.05, 0.1) is 12.8 Å². The number of anilines is 1. The topological polar surface area (TPSA) is 64.3 Å². The molecule has 2 aliphatic heterocycles. The van der Waals surface area contributed by atoms with Crippen LogP contribution < -0.4 is 10.2 Å². The van der Waals surface area contributed by atoms with E-state index in [0.717, 1.165) is 38.7 Å². The second-order valence-electron chi connectivity index (χ2n) is 7.47. The second-order valence-corrected chi connectivity index (χ2v) is 7.47. The number of halogens is 1. The number of carbonyl (C=O) groups excluding carboxylic acids is 1. The van der Waals surface area contributed by atoms with E-state index in [9.17, 15) is 4.79 Å². The van der Waals surface area contributed by atoms with Crippen LogP contribution in [0.15, 0.2) is 64.2 Å². The minimum Gasteiger partial charge on any atom is -0.459 e. The van der Waals surface area contributed by atoms with Gasteiger partial charge in [0.25, 0.3) is 5.91 Å². The number of nitrogens with one attached hydrogen (secondary N) is 1. The lowest BCUT2D eigenvalue weighted by molar-refractivity contribution is 0.0657. The summed E-state index contributed by atoms with van der Waals surface area (Å²) >= 11 is 0. The van der Waals surface area contributed by atoms with Gasteiger partial charge in [0.15, 0.2) is 11.7 Å². The number of furan rings is 1. The molecule has 2 aromatic rings. The third-order valence-electron chi connectivity index (χ3n) is 5.46. The van der Waals surface area contributed by atoms with Gasteiger partial charge in [-0.25, -0.2) is 4.99 Å². The van der Waals surface area contributed by atoms with Gasteiger partial charge in [0.2, 0.25) is 0 Å². The molecule has 0 spiro atoms. The van der Waals surface area contributed by atoms with Crippen molar-refractivity contribution in [2.45, 2.75) is 13.5 Å². The number of guanidine groups is 1. The van der Waals surface area contributed by atoms with Crippen molar-refractivity contribution < 1.29 is 9.21 Å². The van der Waals surface area contributed by atoms with Gasteiger partial charge >= 0.3 is 0 Å². The molecule has 0 unspecified atom stereocenters. The fourth-order valence-electron chi connectivity index (χ4n) is 3.77. The number of piperazine rings is 1. The predicted octanol–water partition coefficient (Wildman–Crippen LogP) is 3.20. The zero-order chi connectivity index (χ0) is 20.8. The molecule has 166 valence electrons. The number of nitrogens with zero attached hydrogens (tertiary/aromatic N) is 4. The molecule has 0 saturated carbocycles. The summed E-state index contributed by atoms with van der Waals surface area (Å²) < 4.78 is 5.24. The molecule has 1 saturated heterocycles. The largest absolute Gasteiger partial charge is 0.459 e. The Kier molecular flexibility index (Phi) is 8.39. The van der Waals surface area contributed by atoms with Gasteiger partial charge in [-0.05, 0) is 36.8 Å². The van der Waals surface area contributed by atoms with Crippen LogP contribution in [0.4, 0.5) is 5.69 Å². The summed E-state index contributed by atoms with van der Waals surface area (Å²) in [6.45, 7) is 8.29. The van der Waals surface area contributed by atoms with Crippen LogP contribution in [-0.4, -0.2) is 67.5 Å². The third kappa shape index (κ3) is 5.81. The Labute approximate surface area is 200 Å². The van der Waals surface area contributed by atoms with E-state index >= 15 is 0 Å². The first kappa shape index (κ1) is 23.2. The van der Waals surface area contributed by atoms with E-state index < -0.39 is 0 Å². The molecule has 0 aliphatic carbocycles. The van der Waals surface area contributed by atoms with Crippen molar-refractivity contribution in [3.05, 3.63) is 66.1 Å². The predicted molar refractivity (Wildman–Crippen MR) is 134 cm³/mol. The highest BCUT2D eigenvalue weighted by molar-refractivity contribution is 14.0.